The minimum absolute atomic E-state index is 0.199. The average molecular weight is 384 g/mol. The van der Waals surface area contributed by atoms with Crippen molar-refractivity contribution in [3.63, 3.8) is 0 Å². The SMILES string of the molecule is CCN(C)c1c(-c2ccncc2)c(-c2ccc(F)cc2C)c(CSC)n1C. The molecule has 3 nitrogen and oxygen atoms in total. The van der Waals surface area contributed by atoms with Gasteiger partial charge in [0.2, 0.25) is 0 Å². The summed E-state index contributed by atoms with van der Waals surface area (Å²) in [5, 5.41) is 0. The monoisotopic (exact) mass is 383 g/mol. The second-order valence-electron chi connectivity index (χ2n) is 6.72. The fraction of sp³-hybridized carbons (Fsp3) is 0.318. The fourth-order valence-corrected chi connectivity index (χ4v) is 4.22. The Hall–Kier alpha value is -2.27. The topological polar surface area (TPSA) is 21.1 Å². The Morgan fingerprint density at radius 3 is 2.44 bits per heavy atom. The van der Waals surface area contributed by atoms with Crippen LogP contribution in [0, 0.1) is 12.7 Å². The highest BCUT2D eigenvalue weighted by Crippen LogP contribution is 2.45. The molecule has 5 heteroatoms. The molecule has 0 radical (unpaired) electrons. The molecular weight excluding hydrogens is 357 g/mol. The van der Waals surface area contributed by atoms with E-state index in [0.717, 1.165) is 29.0 Å². The summed E-state index contributed by atoms with van der Waals surface area (Å²) in [4.78, 5) is 6.45. The predicted molar refractivity (Wildman–Crippen MR) is 115 cm³/mol. The number of pyridine rings is 1. The smallest absolute Gasteiger partial charge is 0.123 e. The number of rotatable bonds is 6. The Kier molecular flexibility index (Phi) is 5.90. The second kappa shape index (κ2) is 8.17. The third-order valence-electron chi connectivity index (χ3n) is 5.03. The molecule has 0 amide bonds. The van der Waals surface area contributed by atoms with Crippen LogP contribution in [-0.4, -0.2) is 29.4 Å². The van der Waals surface area contributed by atoms with Gasteiger partial charge in [-0.05, 0) is 61.1 Å². The molecule has 3 rings (SSSR count). The summed E-state index contributed by atoms with van der Waals surface area (Å²) in [6.07, 6.45) is 5.77. The number of hydrogen-bond acceptors (Lipinski definition) is 3. The van der Waals surface area contributed by atoms with Gasteiger partial charge in [-0.15, -0.1) is 0 Å². The van der Waals surface area contributed by atoms with E-state index < -0.39 is 0 Å². The van der Waals surface area contributed by atoms with Crippen LogP contribution in [0.15, 0.2) is 42.7 Å². The Labute approximate surface area is 165 Å². The maximum Gasteiger partial charge on any atom is 0.123 e. The van der Waals surface area contributed by atoms with E-state index >= 15 is 0 Å². The number of halogens is 1. The number of thioether (sulfide) groups is 1. The van der Waals surface area contributed by atoms with Crippen molar-refractivity contribution < 1.29 is 4.39 Å². The van der Waals surface area contributed by atoms with Gasteiger partial charge in [0.15, 0.2) is 0 Å². The quantitative estimate of drug-likeness (QED) is 0.559. The van der Waals surface area contributed by atoms with E-state index in [4.69, 9.17) is 0 Å². The first-order chi connectivity index (χ1) is 13.0. The minimum Gasteiger partial charge on any atom is -0.361 e. The van der Waals surface area contributed by atoms with E-state index in [0.29, 0.717) is 0 Å². The molecule has 142 valence electrons. The fourth-order valence-electron chi connectivity index (χ4n) is 3.61. The molecule has 0 aliphatic heterocycles. The van der Waals surface area contributed by atoms with Crippen molar-refractivity contribution >= 4 is 17.6 Å². The maximum atomic E-state index is 13.8. The molecule has 0 unspecified atom stereocenters. The molecule has 0 spiro atoms. The molecule has 2 heterocycles. The van der Waals surface area contributed by atoms with Crippen molar-refractivity contribution in [3.8, 4) is 22.3 Å². The minimum atomic E-state index is -0.199. The molecule has 0 fully saturated rings. The third-order valence-corrected chi connectivity index (χ3v) is 5.59. The maximum absolute atomic E-state index is 13.8. The predicted octanol–water partition coefficient (Wildman–Crippen LogP) is 5.52. The lowest BCUT2D eigenvalue weighted by Gasteiger charge is -2.21. The molecule has 0 saturated carbocycles. The molecular formula is C22H26FN3S. The van der Waals surface area contributed by atoms with E-state index in [1.165, 1.54) is 22.6 Å². The molecule has 0 saturated heterocycles. The highest BCUT2D eigenvalue weighted by molar-refractivity contribution is 7.97. The summed E-state index contributed by atoms with van der Waals surface area (Å²) in [6.45, 7) is 5.03. The molecule has 0 N–H and O–H groups in total. The Morgan fingerprint density at radius 1 is 1.15 bits per heavy atom. The van der Waals surface area contributed by atoms with Crippen LogP contribution in [0.5, 0.6) is 0 Å². The largest absolute Gasteiger partial charge is 0.361 e. The summed E-state index contributed by atoms with van der Waals surface area (Å²) < 4.78 is 16.1. The molecule has 3 aromatic rings. The van der Waals surface area contributed by atoms with E-state index in [1.54, 1.807) is 23.9 Å². The first kappa shape index (κ1) is 19.5. The number of anilines is 1. The summed E-state index contributed by atoms with van der Waals surface area (Å²) in [6, 6.07) is 9.17. The second-order valence-corrected chi connectivity index (χ2v) is 7.59. The van der Waals surface area contributed by atoms with Gasteiger partial charge in [0.25, 0.3) is 0 Å². The van der Waals surface area contributed by atoms with Crippen LogP contribution in [-0.2, 0) is 12.8 Å². The number of aryl methyl sites for hydroxylation is 1. The zero-order valence-corrected chi connectivity index (χ0v) is 17.4. The zero-order chi connectivity index (χ0) is 19.6. The number of nitrogens with zero attached hydrogens (tertiary/aromatic N) is 3. The molecule has 0 aliphatic rings. The van der Waals surface area contributed by atoms with Gasteiger partial charge < -0.3 is 9.47 Å². The molecule has 0 bridgehead atoms. The van der Waals surface area contributed by atoms with Gasteiger partial charge in [-0.2, -0.15) is 11.8 Å². The summed E-state index contributed by atoms with van der Waals surface area (Å²) >= 11 is 1.80. The normalized spacial score (nSPS) is 11.0. The lowest BCUT2D eigenvalue weighted by Crippen LogP contribution is -2.19. The van der Waals surface area contributed by atoms with Gasteiger partial charge in [-0.3, -0.25) is 4.98 Å². The van der Waals surface area contributed by atoms with E-state index in [9.17, 15) is 4.39 Å². The van der Waals surface area contributed by atoms with Crippen LogP contribution in [0.2, 0.25) is 0 Å². The number of benzene rings is 1. The van der Waals surface area contributed by atoms with Gasteiger partial charge in [0, 0.05) is 55.6 Å². The highest BCUT2D eigenvalue weighted by atomic mass is 32.2. The number of hydrogen-bond donors (Lipinski definition) is 0. The zero-order valence-electron chi connectivity index (χ0n) is 16.6. The van der Waals surface area contributed by atoms with Gasteiger partial charge in [-0.1, -0.05) is 6.07 Å². The molecule has 27 heavy (non-hydrogen) atoms. The first-order valence-electron chi connectivity index (χ1n) is 9.08. The molecule has 0 aliphatic carbocycles. The van der Waals surface area contributed by atoms with Crippen LogP contribution in [0.1, 0.15) is 18.2 Å². The van der Waals surface area contributed by atoms with Crippen molar-refractivity contribution in [2.24, 2.45) is 7.05 Å². The highest BCUT2D eigenvalue weighted by Gasteiger charge is 2.25. The summed E-state index contributed by atoms with van der Waals surface area (Å²) in [5.41, 5.74) is 6.78. The standard InChI is InChI=1S/C22H26FN3S/c1-6-25(3)22-20(16-9-11-24-12-10-16)21(19(14-27-5)26(22)4)18-8-7-17(23)13-15(18)2/h7-13H,6,14H2,1-5H3. The molecule has 1 aromatic carbocycles. The van der Waals surface area contributed by atoms with Crippen molar-refractivity contribution in [2.45, 2.75) is 19.6 Å². The molecule has 0 atom stereocenters. The summed E-state index contributed by atoms with van der Waals surface area (Å²) in [7, 11) is 4.24. The van der Waals surface area contributed by atoms with Crippen molar-refractivity contribution in [2.75, 3.05) is 24.7 Å². The lowest BCUT2D eigenvalue weighted by molar-refractivity contribution is 0.627. The third kappa shape index (κ3) is 3.61. The molecule has 2 aromatic heterocycles. The Bertz CT molecular complexity index is 934. The van der Waals surface area contributed by atoms with Crippen LogP contribution >= 0.6 is 11.8 Å². The van der Waals surface area contributed by atoms with Crippen molar-refractivity contribution in [3.05, 3.63) is 59.8 Å². The van der Waals surface area contributed by atoms with Crippen molar-refractivity contribution in [1.82, 2.24) is 9.55 Å². The average Bonchev–Trinajstić information content (AvgIpc) is 2.95. The lowest BCUT2D eigenvalue weighted by atomic mass is 9.93. The van der Waals surface area contributed by atoms with Gasteiger partial charge in [0.1, 0.15) is 11.6 Å². The van der Waals surface area contributed by atoms with E-state index in [-0.39, 0.29) is 5.82 Å². The first-order valence-corrected chi connectivity index (χ1v) is 10.5. The van der Waals surface area contributed by atoms with Gasteiger partial charge >= 0.3 is 0 Å². The van der Waals surface area contributed by atoms with E-state index in [1.807, 2.05) is 37.5 Å². The van der Waals surface area contributed by atoms with Crippen LogP contribution in [0.25, 0.3) is 22.3 Å². The number of aromatic nitrogens is 2. The van der Waals surface area contributed by atoms with Crippen LogP contribution in [0.3, 0.4) is 0 Å². The van der Waals surface area contributed by atoms with Crippen LogP contribution in [0.4, 0.5) is 10.2 Å². The van der Waals surface area contributed by atoms with Crippen LogP contribution < -0.4 is 4.90 Å². The van der Waals surface area contributed by atoms with Gasteiger partial charge in [0.05, 0.1) is 0 Å². The Morgan fingerprint density at radius 2 is 1.85 bits per heavy atom. The van der Waals surface area contributed by atoms with Crippen molar-refractivity contribution in [1.29, 1.82) is 0 Å². The summed E-state index contributed by atoms with van der Waals surface area (Å²) in [5.74, 6) is 1.86. The van der Waals surface area contributed by atoms with E-state index in [2.05, 4.69) is 41.7 Å². The Balaban J connectivity index is 2.42. The van der Waals surface area contributed by atoms with Gasteiger partial charge in [-0.25, -0.2) is 4.39 Å².